The van der Waals surface area contributed by atoms with Gasteiger partial charge in [0.1, 0.15) is 0 Å². The molecule has 2 N–H and O–H groups in total. The topological polar surface area (TPSA) is 106 Å². The molecule has 6 nitrogen and oxygen atoms in total. The minimum absolute atomic E-state index is 0.267. The lowest BCUT2D eigenvalue weighted by Crippen LogP contribution is -2.23. The Morgan fingerprint density at radius 3 is 1.97 bits per heavy atom. The molecule has 0 aliphatic carbocycles. The number of carbonyl (C=O) groups is 2. The maximum Gasteiger partial charge on any atom is 0.255 e. The number of carbonyl (C=O) groups excluding carboxylic acids is 2. The van der Waals surface area contributed by atoms with Gasteiger partial charge in [0.25, 0.3) is 11.8 Å². The third-order valence-electron chi connectivity index (χ3n) is 4.15. The van der Waals surface area contributed by atoms with Crippen molar-refractivity contribution < 1.29 is 9.59 Å². The smallest absolute Gasteiger partial charge is 0.255 e. The molecule has 3 aromatic rings. The predicted molar refractivity (Wildman–Crippen MR) is 108 cm³/mol. The molecule has 0 spiro atoms. The summed E-state index contributed by atoms with van der Waals surface area (Å²) in [6, 6.07) is 24.0. The molecular formula is C23H16N4O2. The highest BCUT2D eigenvalue weighted by molar-refractivity contribution is 6.04. The highest BCUT2D eigenvalue weighted by atomic mass is 16.2. The molecule has 0 radical (unpaired) electrons. The van der Waals surface area contributed by atoms with Crippen molar-refractivity contribution in [1.29, 1.82) is 10.5 Å². The Morgan fingerprint density at radius 2 is 1.34 bits per heavy atom. The molecule has 0 aliphatic rings. The molecule has 0 fully saturated rings. The fraction of sp³-hybridized carbons (Fsp3) is 0.0435. The quantitative estimate of drug-likeness (QED) is 0.705. The molecule has 29 heavy (non-hydrogen) atoms. The van der Waals surface area contributed by atoms with Crippen LogP contribution in [0.25, 0.3) is 0 Å². The van der Waals surface area contributed by atoms with E-state index in [1.54, 1.807) is 54.6 Å². The van der Waals surface area contributed by atoms with E-state index in [-0.39, 0.29) is 18.4 Å². The first kappa shape index (κ1) is 19.3. The van der Waals surface area contributed by atoms with Crippen molar-refractivity contribution in [3.8, 4) is 12.1 Å². The highest BCUT2D eigenvalue weighted by Crippen LogP contribution is 2.14. The van der Waals surface area contributed by atoms with Crippen LogP contribution in [-0.2, 0) is 6.54 Å². The summed E-state index contributed by atoms with van der Waals surface area (Å²) >= 11 is 0. The Labute approximate surface area is 168 Å². The van der Waals surface area contributed by atoms with Crippen LogP contribution in [0.1, 0.15) is 37.4 Å². The van der Waals surface area contributed by atoms with Gasteiger partial charge in [0.05, 0.1) is 23.3 Å². The monoisotopic (exact) mass is 380 g/mol. The first-order chi connectivity index (χ1) is 14.1. The number of nitrogens with one attached hydrogen (secondary N) is 2. The molecule has 3 aromatic carbocycles. The lowest BCUT2D eigenvalue weighted by molar-refractivity contribution is 0.0950. The second kappa shape index (κ2) is 8.98. The van der Waals surface area contributed by atoms with Gasteiger partial charge in [-0.25, -0.2) is 0 Å². The van der Waals surface area contributed by atoms with Crippen molar-refractivity contribution in [3.05, 3.63) is 101 Å². The lowest BCUT2D eigenvalue weighted by Gasteiger charge is -2.09. The van der Waals surface area contributed by atoms with Crippen molar-refractivity contribution in [2.45, 2.75) is 6.54 Å². The second-order valence-corrected chi connectivity index (χ2v) is 6.22. The Morgan fingerprint density at radius 1 is 0.759 bits per heavy atom. The highest BCUT2D eigenvalue weighted by Gasteiger charge is 2.09. The number of nitriles is 2. The number of benzene rings is 3. The van der Waals surface area contributed by atoms with Gasteiger partial charge in [-0.1, -0.05) is 24.3 Å². The normalized spacial score (nSPS) is 9.72. The first-order valence-electron chi connectivity index (χ1n) is 8.78. The van der Waals surface area contributed by atoms with Crippen LogP contribution in [0.5, 0.6) is 0 Å². The Kier molecular flexibility index (Phi) is 5.99. The summed E-state index contributed by atoms with van der Waals surface area (Å²) in [5, 5.41) is 23.5. The maximum atomic E-state index is 12.4. The summed E-state index contributed by atoms with van der Waals surface area (Å²) in [7, 11) is 0. The standard InChI is InChI=1S/C23H16N4O2/c24-13-16-4-1-7-19(10-16)22(28)26-15-18-6-3-9-21(12-18)27-23(29)20-8-2-5-17(11-20)14-25/h1-12H,15H2,(H,26,28)(H,27,29). The fourth-order valence-corrected chi connectivity index (χ4v) is 2.71. The molecule has 0 aliphatic heterocycles. The van der Waals surface area contributed by atoms with Gasteiger partial charge in [-0.3, -0.25) is 9.59 Å². The van der Waals surface area contributed by atoms with E-state index in [0.717, 1.165) is 5.56 Å². The van der Waals surface area contributed by atoms with Gasteiger partial charge in [-0.05, 0) is 54.1 Å². The van der Waals surface area contributed by atoms with E-state index >= 15 is 0 Å². The number of amides is 2. The van der Waals surface area contributed by atoms with Crippen LogP contribution < -0.4 is 10.6 Å². The van der Waals surface area contributed by atoms with Crippen LogP contribution >= 0.6 is 0 Å². The van der Waals surface area contributed by atoms with E-state index in [4.69, 9.17) is 10.5 Å². The molecule has 0 atom stereocenters. The van der Waals surface area contributed by atoms with Crippen LogP contribution in [0.4, 0.5) is 5.69 Å². The first-order valence-corrected chi connectivity index (χ1v) is 8.78. The molecule has 2 amide bonds. The van der Waals surface area contributed by atoms with E-state index in [9.17, 15) is 9.59 Å². The van der Waals surface area contributed by atoms with E-state index in [1.807, 2.05) is 18.2 Å². The number of hydrogen-bond donors (Lipinski definition) is 2. The van der Waals surface area contributed by atoms with Crippen molar-refractivity contribution >= 4 is 17.5 Å². The maximum absolute atomic E-state index is 12.4. The van der Waals surface area contributed by atoms with Gasteiger partial charge in [0.15, 0.2) is 0 Å². The van der Waals surface area contributed by atoms with Crippen LogP contribution in [0, 0.1) is 22.7 Å². The Bertz CT molecular complexity index is 1160. The fourth-order valence-electron chi connectivity index (χ4n) is 2.71. The number of rotatable bonds is 5. The summed E-state index contributed by atoms with van der Waals surface area (Å²) < 4.78 is 0. The molecule has 0 saturated heterocycles. The molecule has 3 rings (SSSR count). The average molecular weight is 380 g/mol. The van der Waals surface area contributed by atoms with Gasteiger partial charge >= 0.3 is 0 Å². The number of nitrogens with zero attached hydrogens (tertiary/aromatic N) is 2. The van der Waals surface area contributed by atoms with E-state index < -0.39 is 0 Å². The lowest BCUT2D eigenvalue weighted by atomic mass is 10.1. The average Bonchev–Trinajstić information content (AvgIpc) is 2.77. The molecule has 6 heteroatoms. The van der Waals surface area contributed by atoms with Crippen molar-refractivity contribution in [2.75, 3.05) is 5.32 Å². The predicted octanol–water partition coefficient (Wildman–Crippen LogP) is 3.61. The zero-order chi connectivity index (χ0) is 20.6. The van der Waals surface area contributed by atoms with Crippen molar-refractivity contribution in [3.63, 3.8) is 0 Å². The molecule has 0 unspecified atom stereocenters. The summed E-state index contributed by atoms with van der Waals surface area (Å²) in [4.78, 5) is 24.7. The minimum Gasteiger partial charge on any atom is -0.348 e. The molecule has 0 aromatic heterocycles. The van der Waals surface area contributed by atoms with E-state index in [1.165, 1.54) is 12.1 Å². The molecule has 0 heterocycles. The zero-order valence-electron chi connectivity index (χ0n) is 15.3. The third-order valence-corrected chi connectivity index (χ3v) is 4.15. The van der Waals surface area contributed by atoms with E-state index in [0.29, 0.717) is 27.9 Å². The third kappa shape index (κ3) is 5.06. The number of anilines is 1. The molecule has 0 bridgehead atoms. The van der Waals surface area contributed by atoms with Gasteiger partial charge in [0.2, 0.25) is 0 Å². The van der Waals surface area contributed by atoms with Gasteiger partial charge in [0, 0.05) is 23.4 Å². The van der Waals surface area contributed by atoms with Crippen LogP contribution in [0.2, 0.25) is 0 Å². The van der Waals surface area contributed by atoms with Crippen molar-refractivity contribution in [1.82, 2.24) is 5.32 Å². The van der Waals surface area contributed by atoms with Gasteiger partial charge < -0.3 is 10.6 Å². The zero-order valence-corrected chi connectivity index (χ0v) is 15.3. The molecule has 140 valence electrons. The van der Waals surface area contributed by atoms with Crippen molar-refractivity contribution in [2.24, 2.45) is 0 Å². The Hall–Kier alpha value is -4.42. The summed E-state index contributed by atoms with van der Waals surface area (Å²) in [6.45, 7) is 0.267. The number of hydrogen-bond acceptors (Lipinski definition) is 4. The van der Waals surface area contributed by atoms with Gasteiger partial charge in [-0.15, -0.1) is 0 Å². The van der Waals surface area contributed by atoms with E-state index in [2.05, 4.69) is 10.6 Å². The summed E-state index contributed by atoms with van der Waals surface area (Å²) in [5.74, 6) is -0.610. The van der Waals surface area contributed by atoms with Crippen LogP contribution in [0.3, 0.4) is 0 Å². The Balaban J connectivity index is 1.65. The van der Waals surface area contributed by atoms with Gasteiger partial charge in [-0.2, -0.15) is 10.5 Å². The summed E-state index contributed by atoms with van der Waals surface area (Å²) in [6.07, 6.45) is 0. The largest absolute Gasteiger partial charge is 0.348 e. The second-order valence-electron chi connectivity index (χ2n) is 6.22. The summed E-state index contributed by atoms with van der Waals surface area (Å²) in [5.41, 5.74) is 3.01. The minimum atomic E-state index is -0.323. The molecule has 0 saturated carbocycles. The SMILES string of the molecule is N#Cc1cccc(C(=O)NCc2cccc(NC(=O)c3cccc(C#N)c3)c2)c1. The van der Waals surface area contributed by atoms with Crippen LogP contribution in [0.15, 0.2) is 72.8 Å². The van der Waals surface area contributed by atoms with Crippen LogP contribution in [-0.4, -0.2) is 11.8 Å². The molecular weight excluding hydrogens is 364 g/mol.